The molecule has 1 fully saturated rings. The molecule has 1 saturated heterocycles. The number of amides is 1. The molecule has 0 bridgehead atoms. The third-order valence-corrected chi connectivity index (χ3v) is 4.55. The van der Waals surface area contributed by atoms with Crippen LogP contribution in [0.15, 0.2) is 57.5 Å². The molecule has 0 radical (unpaired) electrons. The third-order valence-electron chi connectivity index (χ3n) is 3.50. The Bertz CT molecular complexity index is 592. The Morgan fingerprint density at radius 3 is 1.65 bits per heavy atom. The van der Waals surface area contributed by atoms with Gasteiger partial charge in [0.15, 0.2) is 5.54 Å². The molecule has 2 aromatic carbocycles. The summed E-state index contributed by atoms with van der Waals surface area (Å²) in [6.45, 7) is 0.463. The van der Waals surface area contributed by atoms with Gasteiger partial charge in [-0.25, -0.2) is 0 Å². The lowest BCUT2D eigenvalue weighted by Gasteiger charge is -2.28. The molecule has 1 heterocycles. The molecule has 0 unspecified atom stereocenters. The third kappa shape index (κ3) is 2.20. The molecule has 102 valence electrons. The molecule has 1 aliphatic rings. The summed E-state index contributed by atoms with van der Waals surface area (Å²) in [4.78, 5) is 12.5. The SMILES string of the molecule is O=C1NCNC1(c1ccc(Br)cc1)c1ccc(Br)cc1. The first-order valence-corrected chi connectivity index (χ1v) is 7.77. The molecule has 5 heteroatoms. The minimum absolute atomic E-state index is 0.0258. The smallest absolute Gasteiger partial charge is 0.250 e. The van der Waals surface area contributed by atoms with Gasteiger partial charge in [0, 0.05) is 8.95 Å². The maximum absolute atomic E-state index is 12.5. The number of carbonyl (C=O) groups is 1. The highest BCUT2D eigenvalue weighted by Crippen LogP contribution is 2.33. The molecule has 0 saturated carbocycles. The monoisotopic (exact) mass is 394 g/mol. The molecule has 2 N–H and O–H groups in total. The van der Waals surface area contributed by atoms with Crippen LogP contribution in [0.5, 0.6) is 0 Å². The first-order valence-electron chi connectivity index (χ1n) is 6.18. The van der Waals surface area contributed by atoms with E-state index in [9.17, 15) is 4.79 Å². The summed E-state index contributed by atoms with van der Waals surface area (Å²) in [5.41, 5.74) is 1.04. The fourth-order valence-corrected chi connectivity index (χ4v) is 3.03. The van der Waals surface area contributed by atoms with Crippen molar-refractivity contribution in [1.82, 2.24) is 10.6 Å². The quantitative estimate of drug-likeness (QED) is 0.820. The van der Waals surface area contributed by atoms with Crippen LogP contribution >= 0.6 is 31.9 Å². The van der Waals surface area contributed by atoms with Crippen LogP contribution in [0.1, 0.15) is 11.1 Å². The van der Waals surface area contributed by atoms with Crippen LogP contribution in [0.4, 0.5) is 0 Å². The molecule has 1 aliphatic heterocycles. The topological polar surface area (TPSA) is 41.1 Å². The van der Waals surface area contributed by atoms with E-state index in [4.69, 9.17) is 0 Å². The summed E-state index contributed by atoms with van der Waals surface area (Å²) >= 11 is 6.85. The summed E-state index contributed by atoms with van der Waals surface area (Å²) in [5, 5.41) is 6.16. The average molecular weight is 396 g/mol. The summed E-state index contributed by atoms with van der Waals surface area (Å²) in [7, 11) is 0. The van der Waals surface area contributed by atoms with Crippen molar-refractivity contribution in [3.05, 3.63) is 68.6 Å². The zero-order valence-corrected chi connectivity index (χ0v) is 13.7. The maximum Gasteiger partial charge on any atom is 0.250 e. The minimum atomic E-state index is -0.818. The Balaban J connectivity index is 2.17. The van der Waals surface area contributed by atoms with E-state index < -0.39 is 5.54 Å². The summed E-state index contributed by atoms with van der Waals surface area (Å²) < 4.78 is 1.98. The molecule has 20 heavy (non-hydrogen) atoms. The molecule has 1 amide bonds. The van der Waals surface area contributed by atoms with E-state index in [0.29, 0.717) is 6.67 Å². The normalized spacial score (nSPS) is 17.0. The highest BCUT2D eigenvalue weighted by atomic mass is 79.9. The minimum Gasteiger partial charge on any atom is -0.341 e. The van der Waals surface area contributed by atoms with Gasteiger partial charge in [-0.15, -0.1) is 0 Å². The number of rotatable bonds is 2. The molecule has 2 aromatic rings. The van der Waals surface area contributed by atoms with Crippen LogP contribution < -0.4 is 10.6 Å². The molecule has 0 aliphatic carbocycles. The molecule has 0 atom stereocenters. The Morgan fingerprint density at radius 2 is 1.30 bits per heavy atom. The van der Waals surface area contributed by atoms with Gasteiger partial charge in [-0.1, -0.05) is 56.1 Å². The van der Waals surface area contributed by atoms with Crippen LogP contribution in [-0.2, 0) is 10.3 Å². The molecule has 3 nitrogen and oxygen atoms in total. The highest BCUT2D eigenvalue weighted by molar-refractivity contribution is 9.10. The lowest BCUT2D eigenvalue weighted by molar-refractivity contribution is -0.123. The van der Waals surface area contributed by atoms with Crippen LogP contribution in [0.25, 0.3) is 0 Å². The Kier molecular flexibility index (Phi) is 3.67. The summed E-state index contributed by atoms with van der Waals surface area (Å²) in [6, 6.07) is 15.6. The first kappa shape index (κ1) is 13.8. The number of benzene rings is 2. The number of hydrogen-bond donors (Lipinski definition) is 2. The van der Waals surface area contributed by atoms with E-state index in [-0.39, 0.29) is 5.91 Å². The van der Waals surface area contributed by atoms with Crippen molar-refractivity contribution >= 4 is 37.8 Å². The zero-order chi connectivity index (χ0) is 14.2. The van der Waals surface area contributed by atoms with Gasteiger partial charge in [0.2, 0.25) is 0 Å². The van der Waals surface area contributed by atoms with Crippen LogP contribution in [0.2, 0.25) is 0 Å². The van der Waals surface area contributed by atoms with Crippen molar-refractivity contribution in [2.45, 2.75) is 5.54 Å². The number of halogens is 2. The van der Waals surface area contributed by atoms with Crippen molar-refractivity contribution in [2.75, 3.05) is 6.67 Å². The van der Waals surface area contributed by atoms with Gasteiger partial charge in [-0.2, -0.15) is 0 Å². The summed E-state index contributed by atoms with van der Waals surface area (Å²) in [5.74, 6) is -0.0258. The van der Waals surface area contributed by atoms with Crippen molar-refractivity contribution in [1.29, 1.82) is 0 Å². The molecular formula is C15H12Br2N2O. The van der Waals surface area contributed by atoms with Crippen LogP contribution in [0.3, 0.4) is 0 Å². The van der Waals surface area contributed by atoms with Crippen molar-refractivity contribution in [3.8, 4) is 0 Å². The number of hydrogen-bond acceptors (Lipinski definition) is 2. The van der Waals surface area contributed by atoms with Gasteiger partial charge < -0.3 is 5.32 Å². The molecule has 3 rings (SSSR count). The largest absolute Gasteiger partial charge is 0.341 e. The molecular weight excluding hydrogens is 384 g/mol. The average Bonchev–Trinajstić information content (AvgIpc) is 2.83. The fourth-order valence-electron chi connectivity index (χ4n) is 2.50. The second-order valence-corrected chi connectivity index (χ2v) is 6.45. The Hall–Kier alpha value is -1.17. The van der Waals surface area contributed by atoms with E-state index in [1.54, 1.807) is 0 Å². The van der Waals surface area contributed by atoms with Crippen molar-refractivity contribution in [3.63, 3.8) is 0 Å². The predicted molar refractivity (Wildman–Crippen MR) is 85.2 cm³/mol. The second kappa shape index (κ2) is 5.31. The van der Waals surface area contributed by atoms with E-state index in [1.165, 1.54) is 0 Å². The lowest BCUT2D eigenvalue weighted by atomic mass is 9.83. The molecule has 0 spiro atoms. The first-order chi connectivity index (χ1) is 9.63. The van der Waals surface area contributed by atoms with Crippen molar-refractivity contribution in [2.24, 2.45) is 0 Å². The van der Waals surface area contributed by atoms with E-state index in [0.717, 1.165) is 20.1 Å². The number of carbonyl (C=O) groups excluding carboxylic acids is 1. The van der Waals surface area contributed by atoms with Gasteiger partial charge in [-0.3, -0.25) is 10.1 Å². The fraction of sp³-hybridized carbons (Fsp3) is 0.133. The second-order valence-electron chi connectivity index (χ2n) is 4.62. The summed E-state index contributed by atoms with van der Waals surface area (Å²) in [6.07, 6.45) is 0. The van der Waals surface area contributed by atoms with E-state index in [1.807, 2.05) is 48.5 Å². The van der Waals surface area contributed by atoms with Gasteiger partial charge >= 0.3 is 0 Å². The van der Waals surface area contributed by atoms with Crippen LogP contribution in [-0.4, -0.2) is 12.6 Å². The van der Waals surface area contributed by atoms with Gasteiger partial charge in [0.05, 0.1) is 6.67 Å². The zero-order valence-electron chi connectivity index (χ0n) is 10.5. The Labute approximate surface area is 134 Å². The van der Waals surface area contributed by atoms with Crippen molar-refractivity contribution < 1.29 is 4.79 Å². The van der Waals surface area contributed by atoms with Gasteiger partial charge in [0.25, 0.3) is 5.91 Å². The maximum atomic E-state index is 12.5. The lowest BCUT2D eigenvalue weighted by Crippen LogP contribution is -2.44. The predicted octanol–water partition coefficient (Wildman–Crippen LogP) is 3.13. The highest BCUT2D eigenvalue weighted by Gasteiger charge is 2.45. The van der Waals surface area contributed by atoms with E-state index in [2.05, 4.69) is 42.5 Å². The van der Waals surface area contributed by atoms with Crippen LogP contribution in [0, 0.1) is 0 Å². The standard InChI is InChI=1S/C15H12Br2N2O/c16-12-5-1-10(2-6-12)15(14(20)18-9-19-15)11-3-7-13(17)8-4-11/h1-8,19H,9H2,(H,18,20). The number of nitrogens with one attached hydrogen (secondary N) is 2. The molecule has 0 aromatic heterocycles. The van der Waals surface area contributed by atoms with E-state index >= 15 is 0 Å². The van der Waals surface area contributed by atoms with Gasteiger partial charge in [-0.05, 0) is 35.4 Å². The van der Waals surface area contributed by atoms with Gasteiger partial charge in [0.1, 0.15) is 0 Å². The Morgan fingerprint density at radius 1 is 0.850 bits per heavy atom.